The molecule has 0 aliphatic carbocycles. The van der Waals surface area contributed by atoms with E-state index < -0.39 is 0 Å². The maximum absolute atomic E-state index is 8.83. The highest BCUT2D eigenvalue weighted by atomic mass is 16.5. The van der Waals surface area contributed by atoms with Gasteiger partial charge in [0.15, 0.2) is 0 Å². The summed E-state index contributed by atoms with van der Waals surface area (Å²) in [6, 6.07) is 22.4. The highest BCUT2D eigenvalue weighted by molar-refractivity contribution is 5.88. The molecule has 3 rings (SSSR count). The molecule has 3 aromatic rings. The molecule has 0 amide bonds. The summed E-state index contributed by atoms with van der Waals surface area (Å²) in [5.41, 5.74) is 4.02. The van der Waals surface area contributed by atoms with Crippen LogP contribution < -0.4 is 4.74 Å². The molecule has 3 aromatic carbocycles. The van der Waals surface area contributed by atoms with Gasteiger partial charge in [-0.2, -0.15) is 0 Å². The first-order valence-electron chi connectivity index (χ1n) is 14.7. The van der Waals surface area contributed by atoms with Crippen LogP contribution in [0, 0.1) is 0 Å². The number of fused-ring (bicyclic) bond motifs is 1. The summed E-state index contributed by atoms with van der Waals surface area (Å²) in [7, 11) is 0. The van der Waals surface area contributed by atoms with Crippen molar-refractivity contribution in [2.24, 2.45) is 0 Å². The molecule has 2 nitrogen and oxygen atoms in total. The molecule has 2 heteroatoms. The Morgan fingerprint density at radius 2 is 1.14 bits per heavy atom. The van der Waals surface area contributed by atoms with Gasteiger partial charge < -0.3 is 9.84 Å². The SMILES string of the molecule is CCCCCCCCCCc1ccc(-c2ccc3cc(OCCCCCCCCO)ccc3c2)cc1. The Balaban J connectivity index is 1.41. The fraction of sp³-hybridized carbons (Fsp3) is 0.529. The summed E-state index contributed by atoms with van der Waals surface area (Å²) in [5, 5.41) is 11.3. The molecule has 1 N–H and O–H groups in total. The van der Waals surface area contributed by atoms with Gasteiger partial charge in [0.25, 0.3) is 0 Å². The second-order valence-electron chi connectivity index (χ2n) is 10.3. The minimum atomic E-state index is 0.318. The van der Waals surface area contributed by atoms with E-state index in [9.17, 15) is 0 Å². The van der Waals surface area contributed by atoms with Gasteiger partial charge in [-0.15, -0.1) is 0 Å². The number of ether oxygens (including phenoxy) is 1. The molecule has 0 saturated carbocycles. The molecule has 36 heavy (non-hydrogen) atoms. The molecule has 0 aromatic heterocycles. The van der Waals surface area contributed by atoms with Crippen molar-refractivity contribution in [3.63, 3.8) is 0 Å². The van der Waals surface area contributed by atoms with Crippen molar-refractivity contribution in [2.75, 3.05) is 13.2 Å². The third kappa shape index (κ3) is 10.3. The predicted octanol–water partition coefficient (Wildman–Crippen LogP) is 9.90. The van der Waals surface area contributed by atoms with Crippen molar-refractivity contribution in [2.45, 2.75) is 103 Å². The molecule has 196 valence electrons. The minimum Gasteiger partial charge on any atom is -0.494 e. The second kappa shape index (κ2) is 17.2. The first kappa shape index (κ1) is 28.3. The van der Waals surface area contributed by atoms with Gasteiger partial charge in [0, 0.05) is 6.61 Å². The number of aliphatic hydroxyl groups is 1. The Morgan fingerprint density at radius 1 is 0.556 bits per heavy atom. The molecular weight excluding hydrogens is 440 g/mol. The summed E-state index contributed by atoms with van der Waals surface area (Å²) in [4.78, 5) is 0. The zero-order valence-corrected chi connectivity index (χ0v) is 22.6. The zero-order valence-electron chi connectivity index (χ0n) is 22.6. The Hall–Kier alpha value is -2.32. The fourth-order valence-electron chi connectivity index (χ4n) is 4.93. The first-order valence-corrected chi connectivity index (χ1v) is 14.7. The zero-order chi connectivity index (χ0) is 25.3. The molecule has 0 aliphatic heterocycles. The summed E-state index contributed by atoms with van der Waals surface area (Å²) < 4.78 is 6.00. The van der Waals surface area contributed by atoms with Gasteiger partial charge in [-0.1, -0.05) is 120 Å². The standard InChI is InChI=1S/C34H48O2/c1-2-3-4-5-6-7-10-13-16-29-17-19-30(20-18-29)31-21-22-33-28-34(24-23-32(33)27-31)36-26-15-12-9-8-11-14-25-35/h17-24,27-28,35H,2-16,25-26H2,1H3. The second-order valence-corrected chi connectivity index (χ2v) is 10.3. The maximum atomic E-state index is 8.83. The molecule has 0 fully saturated rings. The van der Waals surface area contributed by atoms with Crippen LogP contribution in [0.15, 0.2) is 60.7 Å². The van der Waals surface area contributed by atoms with Gasteiger partial charge in [0.2, 0.25) is 0 Å². The van der Waals surface area contributed by atoms with Crippen LogP contribution in [0.4, 0.5) is 0 Å². The summed E-state index contributed by atoms with van der Waals surface area (Å²) in [5.74, 6) is 0.959. The predicted molar refractivity (Wildman–Crippen MR) is 156 cm³/mol. The highest BCUT2D eigenvalue weighted by Crippen LogP contribution is 2.28. The highest BCUT2D eigenvalue weighted by Gasteiger charge is 2.03. The molecule has 0 unspecified atom stereocenters. The fourth-order valence-corrected chi connectivity index (χ4v) is 4.93. The number of aryl methyl sites for hydroxylation is 1. The molecule has 0 atom stereocenters. The van der Waals surface area contributed by atoms with Gasteiger partial charge >= 0.3 is 0 Å². The Labute approximate surface area is 220 Å². The Bertz CT molecular complexity index is 976. The molecule has 0 spiro atoms. The normalized spacial score (nSPS) is 11.3. The van der Waals surface area contributed by atoms with Gasteiger partial charge in [-0.3, -0.25) is 0 Å². The summed E-state index contributed by atoms with van der Waals surface area (Å²) >= 11 is 0. The third-order valence-corrected chi connectivity index (χ3v) is 7.24. The van der Waals surface area contributed by atoms with Gasteiger partial charge in [0.05, 0.1) is 6.61 Å². The van der Waals surface area contributed by atoms with Crippen molar-refractivity contribution in [3.8, 4) is 16.9 Å². The number of unbranched alkanes of at least 4 members (excludes halogenated alkanes) is 12. The lowest BCUT2D eigenvalue weighted by atomic mass is 9.98. The van der Waals surface area contributed by atoms with Crippen LogP contribution in [0.25, 0.3) is 21.9 Å². The van der Waals surface area contributed by atoms with E-state index in [2.05, 4.69) is 67.6 Å². The lowest BCUT2D eigenvalue weighted by molar-refractivity contribution is 0.280. The van der Waals surface area contributed by atoms with Crippen LogP contribution in [0.1, 0.15) is 102 Å². The molecule has 0 heterocycles. The minimum absolute atomic E-state index is 0.318. The number of rotatable bonds is 19. The average molecular weight is 489 g/mol. The van der Waals surface area contributed by atoms with Crippen molar-refractivity contribution in [3.05, 3.63) is 66.2 Å². The van der Waals surface area contributed by atoms with Gasteiger partial charge in [-0.25, -0.2) is 0 Å². The van der Waals surface area contributed by atoms with E-state index in [1.165, 1.54) is 105 Å². The molecule has 0 radical (unpaired) electrons. The van der Waals surface area contributed by atoms with Crippen LogP contribution in [0.5, 0.6) is 5.75 Å². The third-order valence-electron chi connectivity index (χ3n) is 7.24. The van der Waals surface area contributed by atoms with Crippen LogP contribution >= 0.6 is 0 Å². The number of hydrogen-bond acceptors (Lipinski definition) is 2. The van der Waals surface area contributed by atoms with Crippen LogP contribution in [0.3, 0.4) is 0 Å². The van der Waals surface area contributed by atoms with Gasteiger partial charge in [-0.05, 0) is 71.3 Å². The topological polar surface area (TPSA) is 29.5 Å². The van der Waals surface area contributed by atoms with Crippen LogP contribution in [0.2, 0.25) is 0 Å². The quantitative estimate of drug-likeness (QED) is 0.170. The largest absolute Gasteiger partial charge is 0.494 e. The number of hydrogen-bond donors (Lipinski definition) is 1. The van der Waals surface area contributed by atoms with E-state index in [1.54, 1.807) is 0 Å². The maximum Gasteiger partial charge on any atom is 0.119 e. The van der Waals surface area contributed by atoms with Crippen molar-refractivity contribution >= 4 is 10.8 Å². The Kier molecular flexibility index (Phi) is 13.5. The van der Waals surface area contributed by atoms with E-state index >= 15 is 0 Å². The van der Waals surface area contributed by atoms with E-state index in [0.29, 0.717) is 6.61 Å². The molecular formula is C34H48O2. The molecule has 0 bridgehead atoms. The van der Waals surface area contributed by atoms with E-state index in [-0.39, 0.29) is 0 Å². The summed E-state index contributed by atoms with van der Waals surface area (Å²) in [6.45, 7) is 3.37. The summed E-state index contributed by atoms with van der Waals surface area (Å²) in [6.07, 6.45) is 19.0. The van der Waals surface area contributed by atoms with Crippen molar-refractivity contribution in [1.82, 2.24) is 0 Å². The monoisotopic (exact) mass is 488 g/mol. The molecule has 0 saturated heterocycles. The lowest BCUT2D eigenvalue weighted by Gasteiger charge is -2.09. The first-order chi connectivity index (χ1) is 17.8. The van der Waals surface area contributed by atoms with Crippen LogP contribution in [-0.2, 0) is 6.42 Å². The lowest BCUT2D eigenvalue weighted by Crippen LogP contribution is -1.97. The smallest absolute Gasteiger partial charge is 0.119 e. The van der Waals surface area contributed by atoms with Crippen molar-refractivity contribution in [1.29, 1.82) is 0 Å². The number of benzene rings is 3. The van der Waals surface area contributed by atoms with E-state index in [1.807, 2.05) is 0 Å². The van der Waals surface area contributed by atoms with Gasteiger partial charge in [0.1, 0.15) is 5.75 Å². The van der Waals surface area contributed by atoms with Crippen LogP contribution in [-0.4, -0.2) is 18.3 Å². The van der Waals surface area contributed by atoms with E-state index in [0.717, 1.165) is 31.6 Å². The van der Waals surface area contributed by atoms with E-state index in [4.69, 9.17) is 9.84 Å². The average Bonchev–Trinajstić information content (AvgIpc) is 2.91. The van der Waals surface area contributed by atoms with Crippen molar-refractivity contribution < 1.29 is 9.84 Å². The Morgan fingerprint density at radius 3 is 1.86 bits per heavy atom. The molecule has 0 aliphatic rings. The number of aliphatic hydroxyl groups excluding tert-OH is 1.